The molecule has 1 unspecified atom stereocenters. The minimum atomic E-state index is -0.878. The molecule has 0 aliphatic carbocycles. The van der Waals surface area contributed by atoms with Crippen LogP contribution in [-0.2, 0) is 5.75 Å². The Balaban J connectivity index is 2.48. The Bertz CT molecular complexity index is 355. The number of nitrogens with two attached hydrogens (primary N) is 1. The van der Waals surface area contributed by atoms with Crippen LogP contribution in [0, 0.1) is 0 Å². The van der Waals surface area contributed by atoms with Crippen LogP contribution in [0.25, 0.3) is 0 Å². The lowest BCUT2D eigenvalue weighted by atomic mass is 10.1. The van der Waals surface area contributed by atoms with Gasteiger partial charge >= 0.3 is 5.97 Å². The molecule has 1 aromatic rings. The summed E-state index contributed by atoms with van der Waals surface area (Å²) < 4.78 is 0. The van der Waals surface area contributed by atoms with Crippen LogP contribution in [0.15, 0.2) is 24.3 Å². The zero-order chi connectivity index (χ0) is 12.0. The molecule has 1 aromatic carbocycles. The predicted octanol–water partition coefficient (Wildman–Crippen LogP) is 2.36. The van der Waals surface area contributed by atoms with E-state index < -0.39 is 5.97 Å². The van der Waals surface area contributed by atoms with Gasteiger partial charge in [-0.1, -0.05) is 19.1 Å². The van der Waals surface area contributed by atoms with E-state index in [0.717, 1.165) is 23.5 Å². The van der Waals surface area contributed by atoms with E-state index >= 15 is 0 Å². The minimum Gasteiger partial charge on any atom is -0.478 e. The Morgan fingerprint density at radius 2 is 2.31 bits per heavy atom. The molecule has 0 saturated carbocycles. The van der Waals surface area contributed by atoms with E-state index in [0.29, 0.717) is 5.56 Å². The van der Waals surface area contributed by atoms with E-state index in [1.54, 1.807) is 30.0 Å². The van der Waals surface area contributed by atoms with Gasteiger partial charge in [0.05, 0.1) is 5.56 Å². The molecule has 3 nitrogen and oxygen atoms in total. The summed E-state index contributed by atoms with van der Waals surface area (Å²) in [6, 6.07) is 7.27. The van der Waals surface area contributed by atoms with Crippen molar-refractivity contribution in [3.05, 3.63) is 35.4 Å². The third kappa shape index (κ3) is 4.24. The third-order valence-corrected chi connectivity index (χ3v) is 3.50. The molecular weight excluding hydrogens is 222 g/mol. The van der Waals surface area contributed by atoms with Crippen molar-refractivity contribution in [2.75, 3.05) is 5.75 Å². The van der Waals surface area contributed by atoms with Crippen LogP contribution in [0.1, 0.15) is 29.3 Å². The van der Waals surface area contributed by atoms with Gasteiger partial charge in [0, 0.05) is 17.5 Å². The minimum absolute atomic E-state index is 0.229. The molecule has 1 rings (SSSR count). The van der Waals surface area contributed by atoms with Gasteiger partial charge in [0.15, 0.2) is 0 Å². The number of hydrogen-bond donors (Lipinski definition) is 2. The van der Waals surface area contributed by atoms with Gasteiger partial charge in [-0.05, 0) is 24.1 Å². The Morgan fingerprint density at radius 3 is 2.94 bits per heavy atom. The van der Waals surface area contributed by atoms with Gasteiger partial charge in [-0.2, -0.15) is 11.8 Å². The summed E-state index contributed by atoms with van der Waals surface area (Å²) in [5.41, 5.74) is 7.18. The molecular formula is C12H17NO2S. The highest BCUT2D eigenvalue weighted by molar-refractivity contribution is 7.98. The fraction of sp³-hybridized carbons (Fsp3) is 0.417. The summed E-state index contributed by atoms with van der Waals surface area (Å²) in [4.78, 5) is 10.8. The number of carboxylic acids is 1. The molecule has 0 amide bonds. The van der Waals surface area contributed by atoms with Crippen molar-refractivity contribution < 1.29 is 9.90 Å². The topological polar surface area (TPSA) is 63.3 Å². The number of rotatable bonds is 6. The summed E-state index contributed by atoms with van der Waals surface area (Å²) in [7, 11) is 0. The van der Waals surface area contributed by atoms with Crippen LogP contribution in [-0.4, -0.2) is 22.9 Å². The average molecular weight is 239 g/mol. The lowest BCUT2D eigenvalue weighted by Crippen LogP contribution is -2.21. The monoisotopic (exact) mass is 239 g/mol. The van der Waals surface area contributed by atoms with E-state index in [9.17, 15) is 4.79 Å². The lowest BCUT2D eigenvalue weighted by Gasteiger charge is -2.08. The standard InChI is InChI=1S/C12H17NO2S/c1-2-11(13)8-16-7-9-4-3-5-10(6-9)12(14)15/h3-6,11H,2,7-8,13H2,1H3,(H,14,15). The van der Waals surface area contributed by atoms with Crippen molar-refractivity contribution in [3.8, 4) is 0 Å². The summed E-state index contributed by atoms with van der Waals surface area (Å²) in [6.07, 6.45) is 0.974. The fourth-order valence-electron chi connectivity index (χ4n) is 1.24. The summed E-state index contributed by atoms with van der Waals surface area (Å²) in [5, 5.41) is 8.83. The second-order valence-electron chi connectivity index (χ2n) is 3.69. The van der Waals surface area contributed by atoms with Crippen LogP contribution in [0.5, 0.6) is 0 Å². The Morgan fingerprint density at radius 1 is 1.56 bits per heavy atom. The van der Waals surface area contributed by atoms with Gasteiger partial charge in [-0.3, -0.25) is 0 Å². The normalized spacial score (nSPS) is 12.4. The van der Waals surface area contributed by atoms with Gasteiger partial charge in [-0.15, -0.1) is 0 Å². The van der Waals surface area contributed by atoms with E-state index in [2.05, 4.69) is 6.92 Å². The Labute approximate surface area is 100 Å². The Hall–Kier alpha value is -1.00. The maximum Gasteiger partial charge on any atom is 0.335 e. The average Bonchev–Trinajstić information content (AvgIpc) is 2.29. The molecule has 0 spiro atoms. The zero-order valence-corrected chi connectivity index (χ0v) is 10.2. The van der Waals surface area contributed by atoms with Crippen molar-refractivity contribution in [1.82, 2.24) is 0 Å². The maximum absolute atomic E-state index is 10.8. The van der Waals surface area contributed by atoms with Crippen molar-refractivity contribution >= 4 is 17.7 Å². The molecule has 0 bridgehead atoms. The van der Waals surface area contributed by atoms with Crippen LogP contribution < -0.4 is 5.73 Å². The van der Waals surface area contributed by atoms with E-state index in [1.807, 2.05) is 6.07 Å². The summed E-state index contributed by atoms with van der Waals surface area (Å²) >= 11 is 1.74. The first kappa shape index (κ1) is 13.1. The molecule has 0 aliphatic rings. The van der Waals surface area contributed by atoms with E-state index in [-0.39, 0.29) is 6.04 Å². The van der Waals surface area contributed by atoms with Crippen LogP contribution >= 0.6 is 11.8 Å². The molecule has 0 aromatic heterocycles. The lowest BCUT2D eigenvalue weighted by molar-refractivity contribution is 0.0697. The number of benzene rings is 1. The number of carbonyl (C=O) groups is 1. The van der Waals surface area contributed by atoms with Crippen molar-refractivity contribution in [2.24, 2.45) is 5.73 Å². The highest BCUT2D eigenvalue weighted by atomic mass is 32.2. The number of aromatic carboxylic acids is 1. The SMILES string of the molecule is CCC(N)CSCc1cccc(C(=O)O)c1. The van der Waals surface area contributed by atoms with Crippen molar-refractivity contribution in [3.63, 3.8) is 0 Å². The molecule has 0 radical (unpaired) electrons. The second-order valence-corrected chi connectivity index (χ2v) is 4.72. The fourth-order valence-corrected chi connectivity index (χ4v) is 2.31. The van der Waals surface area contributed by atoms with Gasteiger partial charge in [0.25, 0.3) is 0 Å². The molecule has 1 atom stereocenters. The first-order valence-corrected chi connectivity index (χ1v) is 6.44. The summed E-state index contributed by atoms with van der Waals surface area (Å²) in [5.74, 6) is 0.847. The van der Waals surface area contributed by atoms with Gasteiger partial charge in [-0.25, -0.2) is 4.79 Å². The van der Waals surface area contributed by atoms with Crippen LogP contribution in [0.3, 0.4) is 0 Å². The van der Waals surface area contributed by atoms with Crippen molar-refractivity contribution in [1.29, 1.82) is 0 Å². The molecule has 0 fully saturated rings. The largest absolute Gasteiger partial charge is 0.478 e. The Kier molecular flexibility index (Phi) is 5.35. The van der Waals surface area contributed by atoms with Gasteiger partial charge in [0.1, 0.15) is 0 Å². The summed E-state index contributed by atoms with van der Waals surface area (Å²) in [6.45, 7) is 2.07. The van der Waals surface area contributed by atoms with Gasteiger partial charge < -0.3 is 10.8 Å². The van der Waals surface area contributed by atoms with E-state index in [4.69, 9.17) is 10.8 Å². The molecule has 3 N–H and O–H groups in total. The quantitative estimate of drug-likeness (QED) is 0.800. The smallest absolute Gasteiger partial charge is 0.335 e. The zero-order valence-electron chi connectivity index (χ0n) is 9.35. The first-order valence-electron chi connectivity index (χ1n) is 5.29. The molecule has 4 heteroatoms. The van der Waals surface area contributed by atoms with Crippen LogP contribution in [0.4, 0.5) is 0 Å². The molecule has 16 heavy (non-hydrogen) atoms. The van der Waals surface area contributed by atoms with Crippen LogP contribution in [0.2, 0.25) is 0 Å². The molecule has 0 saturated heterocycles. The highest BCUT2D eigenvalue weighted by Gasteiger charge is 2.04. The molecule has 0 heterocycles. The third-order valence-electron chi connectivity index (χ3n) is 2.30. The first-order chi connectivity index (χ1) is 7.63. The van der Waals surface area contributed by atoms with E-state index in [1.165, 1.54) is 0 Å². The van der Waals surface area contributed by atoms with Gasteiger partial charge in [0.2, 0.25) is 0 Å². The number of thioether (sulfide) groups is 1. The predicted molar refractivity (Wildman–Crippen MR) is 67.8 cm³/mol. The number of carboxylic acid groups (broad SMARTS) is 1. The highest BCUT2D eigenvalue weighted by Crippen LogP contribution is 2.15. The van der Waals surface area contributed by atoms with Crippen molar-refractivity contribution in [2.45, 2.75) is 25.1 Å². The maximum atomic E-state index is 10.8. The second kappa shape index (κ2) is 6.55. The number of hydrogen-bond acceptors (Lipinski definition) is 3. The molecule has 88 valence electrons. The molecule has 0 aliphatic heterocycles.